The largest absolute Gasteiger partial charge is 0.329 e. The van der Waals surface area contributed by atoms with Gasteiger partial charge in [0.2, 0.25) is 0 Å². The van der Waals surface area contributed by atoms with Crippen LogP contribution in [0.4, 0.5) is 0 Å². The predicted molar refractivity (Wildman–Crippen MR) is 59.1 cm³/mol. The van der Waals surface area contributed by atoms with Gasteiger partial charge in [0.1, 0.15) is 0 Å². The summed E-state index contributed by atoms with van der Waals surface area (Å²) >= 11 is 0. The lowest BCUT2D eigenvalue weighted by Crippen LogP contribution is -2.44. The van der Waals surface area contributed by atoms with Crippen LogP contribution < -0.4 is 5.73 Å². The van der Waals surface area contributed by atoms with Gasteiger partial charge < -0.3 is 5.73 Å². The summed E-state index contributed by atoms with van der Waals surface area (Å²) in [6.45, 7) is 5.13. The molecule has 0 aliphatic carbocycles. The van der Waals surface area contributed by atoms with Crippen LogP contribution in [-0.2, 0) is 13.0 Å². The molecule has 0 bridgehead atoms. The Morgan fingerprint density at radius 3 is 2.71 bits per heavy atom. The molecule has 2 heteroatoms. The Morgan fingerprint density at radius 2 is 2.07 bits per heavy atom. The molecule has 0 aromatic heterocycles. The average Bonchev–Trinajstić information content (AvgIpc) is 2.27. The summed E-state index contributed by atoms with van der Waals surface area (Å²) in [5, 5.41) is 0. The Balaban J connectivity index is 2.25. The minimum atomic E-state index is 0.537. The fourth-order valence-corrected chi connectivity index (χ4v) is 2.24. The van der Waals surface area contributed by atoms with Crippen LogP contribution in [0.2, 0.25) is 0 Å². The van der Waals surface area contributed by atoms with Crippen molar-refractivity contribution in [2.75, 3.05) is 13.1 Å². The van der Waals surface area contributed by atoms with Crippen LogP contribution in [0.5, 0.6) is 0 Å². The number of hydrogen-bond donors (Lipinski definition) is 1. The van der Waals surface area contributed by atoms with E-state index in [4.69, 9.17) is 5.73 Å². The lowest BCUT2D eigenvalue weighted by atomic mass is 9.94. The number of likely N-dealkylation sites (N-methyl/N-ethyl adjacent to an activating group) is 1. The topological polar surface area (TPSA) is 29.3 Å². The maximum absolute atomic E-state index is 5.78. The van der Waals surface area contributed by atoms with Crippen molar-refractivity contribution >= 4 is 0 Å². The third-order valence-electron chi connectivity index (χ3n) is 3.14. The molecule has 0 spiro atoms. The van der Waals surface area contributed by atoms with Crippen molar-refractivity contribution in [3.63, 3.8) is 0 Å². The maximum Gasteiger partial charge on any atom is 0.0262 e. The summed E-state index contributed by atoms with van der Waals surface area (Å²) in [6.07, 6.45) is 1.11. The minimum Gasteiger partial charge on any atom is -0.329 e. The zero-order valence-corrected chi connectivity index (χ0v) is 8.74. The van der Waals surface area contributed by atoms with E-state index in [2.05, 4.69) is 36.1 Å². The van der Waals surface area contributed by atoms with Crippen molar-refractivity contribution in [2.24, 2.45) is 5.73 Å². The lowest BCUT2D eigenvalue weighted by Gasteiger charge is -2.35. The smallest absolute Gasteiger partial charge is 0.0262 e. The van der Waals surface area contributed by atoms with E-state index in [-0.39, 0.29) is 0 Å². The van der Waals surface area contributed by atoms with Gasteiger partial charge in [-0.25, -0.2) is 0 Å². The van der Waals surface area contributed by atoms with Gasteiger partial charge >= 0.3 is 0 Å². The van der Waals surface area contributed by atoms with Crippen molar-refractivity contribution in [3.8, 4) is 0 Å². The van der Waals surface area contributed by atoms with E-state index in [1.807, 2.05) is 0 Å². The normalized spacial score (nSPS) is 22.0. The van der Waals surface area contributed by atoms with Gasteiger partial charge in [0.05, 0.1) is 0 Å². The van der Waals surface area contributed by atoms with Crippen LogP contribution in [0.1, 0.15) is 18.1 Å². The monoisotopic (exact) mass is 190 g/mol. The summed E-state index contributed by atoms with van der Waals surface area (Å²) in [5.41, 5.74) is 8.74. The summed E-state index contributed by atoms with van der Waals surface area (Å²) in [6, 6.07) is 9.23. The zero-order valence-electron chi connectivity index (χ0n) is 8.74. The van der Waals surface area contributed by atoms with Gasteiger partial charge in [0, 0.05) is 19.1 Å². The molecule has 76 valence electrons. The quantitative estimate of drug-likeness (QED) is 0.763. The van der Waals surface area contributed by atoms with Gasteiger partial charge in [0.25, 0.3) is 0 Å². The number of fused-ring (bicyclic) bond motifs is 1. The van der Waals surface area contributed by atoms with Crippen LogP contribution in [0.25, 0.3) is 0 Å². The molecule has 0 saturated carbocycles. The van der Waals surface area contributed by atoms with Crippen molar-refractivity contribution in [1.29, 1.82) is 0 Å². The second kappa shape index (κ2) is 4.11. The highest BCUT2D eigenvalue weighted by Crippen LogP contribution is 2.22. The second-order valence-electron chi connectivity index (χ2n) is 3.93. The highest BCUT2D eigenvalue weighted by molar-refractivity contribution is 5.30. The number of hydrogen-bond acceptors (Lipinski definition) is 2. The molecule has 1 aromatic carbocycles. The molecule has 0 saturated heterocycles. The summed E-state index contributed by atoms with van der Waals surface area (Å²) in [4.78, 5) is 2.46. The number of nitrogens with zero attached hydrogens (tertiary/aromatic N) is 1. The third-order valence-corrected chi connectivity index (χ3v) is 3.14. The molecular weight excluding hydrogens is 172 g/mol. The van der Waals surface area contributed by atoms with E-state index in [1.165, 1.54) is 11.1 Å². The molecule has 14 heavy (non-hydrogen) atoms. The van der Waals surface area contributed by atoms with E-state index >= 15 is 0 Å². The molecule has 0 radical (unpaired) electrons. The highest BCUT2D eigenvalue weighted by Gasteiger charge is 2.22. The molecule has 2 nitrogen and oxygen atoms in total. The minimum absolute atomic E-state index is 0.537. The van der Waals surface area contributed by atoms with E-state index in [1.54, 1.807) is 0 Å². The van der Waals surface area contributed by atoms with E-state index in [9.17, 15) is 0 Å². The molecule has 1 aromatic rings. The fraction of sp³-hybridized carbons (Fsp3) is 0.500. The molecule has 2 N–H and O–H groups in total. The first-order chi connectivity index (χ1) is 6.85. The molecule has 0 fully saturated rings. The van der Waals surface area contributed by atoms with Crippen molar-refractivity contribution < 1.29 is 0 Å². The molecule has 1 aliphatic heterocycles. The zero-order chi connectivity index (χ0) is 9.97. The van der Waals surface area contributed by atoms with Crippen LogP contribution in [0.3, 0.4) is 0 Å². The first-order valence-corrected chi connectivity index (χ1v) is 5.36. The molecule has 0 amide bonds. The van der Waals surface area contributed by atoms with Gasteiger partial charge in [-0.3, -0.25) is 4.90 Å². The van der Waals surface area contributed by atoms with E-state index < -0.39 is 0 Å². The molecule has 1 aliphatic rings. The highest BCUT2D eigenvalue weighted by atomic mass is 15.2. The summed E-state index contributed by atoms with van der Waals surface area (Å²) in [7, 11) is 0. The van der Waals surface area contributed by atoms with E-state index in [0.717, 1.165) is 26.1 Å². The molecule has 1 atom stereocenters. The van der Waals surface area contributed by atoms with Crippen LogP contribution in [0, 0.1) is 0 Å². The van der Waals surface area contributed by atoms with Crippen molar-refractivity contribution in [1.82, 2.24) is 4.90 Å². The first kappa shape index (κ1) is 9.69. The Hall–Kier alpha value is -0.860. The molecular formula is C12H18N2. The van der Waals surface area contributed by atoms with Crippen LogP contribution >= 0.6 is 0 Å². The van der Waals surface area contributed by atoms with Crippen molar-refractivity contribution in [2.45, 2.75) is 25.9 Å². The van der Waals surface area contributed by atoms with Crippen molar-refractivity contribution in [3.05, 3.63) is 35.4 Å². The Bertz CT molecular complexity index is 278. The third kappa shape index (κ3) is 1.68. The second-order valence-corrected chi connectivity index (χ2v) is 3.93. The Labute approximate surface area is 85.7 Å². The number of nitrogens with two attached hydrogens (primary N) is 1. The summed E-state index contributed by atoms with van der Waals surface area (Å²) in [5.74, 6) is 0. The Kier molecular flexibility index (Phi) is 2.85. The van der Waals surface area contributed by atoms with Crippen LogP contribution in [0.15, 0.2) is 24.3 Å². The van der Waals surface area contributed by atoms with Gasteiger partial charge in [-0.15, -0.1) is 0 Å². The summed E-state index contributed by atoms with van der Waals surface area (Å²) < 4.78 is 0. The SMILES string of the molecule is CCN1Cc2ccccc2CC1CN. The maximum atomic E-state index is 5.78. The molecule has 2 rings (SSSR count). The van der Waals surface area contributed by atoms with E-state index in [0.29, 0.717) is 6.04 Å². The first-order valence-electron chi connectivity index (χ1n) is 5.36. The lowest BCUT2D eigenvalue weighted by molar-refractivity contribution is 0.186. The number of benzene rings is 1. The fourth-order valence-electron chi connectivity index (χ4n) is 2.24. The molecule has 1 unspecified atom stereocenters. The van der Waals surface area contributed by atoms with Gasteiger partial charge in [-0.1, -0.05) is 31.2 Å². The average molecular weight is 190 g/mol. The van der Waals surface area contributed by atoms with Gasteiger partial charge in [0.15, 0.2) is 0 Å². The van der Waals surface area contributed by atoms with Gasteiger partial charge in [-0.05, 0) is 24.1 Å². The molecule has 1 heterocycles. The number of rotatable bonds is 2. The standard InChI is InChI=1S/C12H18N2/c1-2-14-9-11-6-4-3-5-10(11)7-12(14)8-13/h3-6,12H,2,7-9,13H2,1H3. The Morgan fingerprint density at radius 1 is 1.36 bits per heavy atom. The van der Waals surface area contributed by atoms with Crippen LogP contribution in [-0.4, -0.2) is 24.0 Å². The van der Waals surface area contributed by atoms with Gasteiger partial charge in [-0.2, -0.15) is 0 Å². The predicted octanol–water partition coefficient (Wildman–Crippen LogP) is 1.39.